The first-order chi connectivity index (χ1) is 44.9. The van der Waals surface area contributed by atoms with Gasteiger partial charge in [0, 0.05) is 73.6 Å². The topological polar surface area (TPSA) is 488 Å². The van der Waals surface area contributed by atoms with E-state index >= 15 is 18.0 Å². The molecule has 0 spiro atoms. The van der Waals surface area contributed by atoms with Gasteiger partial charge in [0.2, 0.25) is 65.0 Å². The van der Waals surface area contributed by atoms with Crippen molar-refractivity contribution >= 4 is 110 Å². The standard InChI is InChI=1S/C61H80N14O19S/c1-7-31(4)51-56(89)64-24-46(82)67-42-28-95(93,94)59-38(37-10-8-9-11-39(37)70-59)20-40(54(87)63-25-47(83)72-51)68-58(91)52(32(5)43(79)27-76)73-61(29-77)22-36(78)26-75(61)60(92)41(69-55(42)88)21-45(81)62-23-34-12-14-35(15-13-34)66-53(86)33(6)65-57(90)50(30(2)3)71-44(80)18-19-74-48(84)16-17-49(74)85/h8-17,29-33,36,40-43,50-52,70,73,76,78-79H,7,18-28H2,1-6H3,(H,62,81)(H,63,87)(H,64,89)(H,65,90)(H,66,86)(H,67,82)(H,68,91)(H,69,88)(H,71,80)(H,72,83)/t31-,32-,33-,36+,40-,41-,42+,43-,50-,51-,52-,61-/m0/s1. The van der Waals surface area contributed by atoms with E-state index in [9.17, 15) is 72.9 Å². The zero-order valence-corrected chi connectivity index (χ0v) is 53.8. The molecule has 0 radical (unpaired) electrons. The van der Waals surface area contributed by atoms with Crippen molar-refractivity contribution in [1.29, 1.82) is 0 Å². The number of nitrogens with zero attached hydrogens (tertiary/aromatic N) is 2. The molecule has 15 N–H and O–H groups in total. The van der Waals surface area contributed by atoms with E-state index in [1.807, 2.05) is 0 Å². The monoisotopic (exact) mass is 1340 g/mol. The average molecular weight is 1350 g/mol. The van der Waals surface area contributed by atoms with Crippen molar-refractivity contribution in [2.24, 2.45) is 17.8 Å². The van der Waals surface area contributed by atoms with E-state index in [1.165, 1.54) is 56.3 Å². The third kappa shape index (κ3) is 18.0. The molecular formula is C61H80N14O19S. The van der Waals surface area contributed by atoms with Crippen LogP contribution >= 0.6 is 0 Å². The van der Waals surface area contributed by atoms with E-state index in [2.05, 4.69) is 63.5 Å². The normalized spacial score (nSPS) is 24.7. The minimum atomic E-state index is -4.96. The van der Waals surface area contributed by atoms with E-state index in [0.717, 1.165) is 17.1 Å². The Balaban J connectivity index is 1.19. The lowest BCUT2D eigenvalue weighted by molar-refractivity contribution is -0.147. The van der Waals surface area contributed by atoms with E-state index in [0.29, 0.717) is 16.9 Å². The van der Waals surface area contributed by atoms with E-state index in [4.69, 9.17) is 0 Å². The van der Waals surface area contributed by atoms with Crippen LogP contribution in [0, 0.1) is 17.8 Å². The molecular weight excluding hydrogens is 1260 g/mol. The number of carbonyl (C=O) groups is 14. The summed E-state index contributed by atoms with van der Waals surface area (Å²) in [6.07, 6.45) is -3.45. The molecule has 2 bridgehead atoms. The van der Waals surface area contributed by atoms with Gasteiger partial charge >= 0.3 is 0 Å². The molecule has 95 heavy (non-hydrogen) atoms. The highest BCUT2D eigenvalue weighted by Gasteiger charge is 2.53. The lowest BCUT2D eigenvalue weighted by atomic mass is 9.92. The van der Waals surface area contributed by atoms with Crippen molar-refractivity contribution in [2.45, 2.75) is 145 Å². The highest BCUT2D eigenvalue weighted by atomic mass is 32.2. The molecule has 12 atom stereocenters. The number of anilines is 1. The van der Waals surface area contributed by atoms with Crippen LogP contribution in [0.3, 0.4) is 0 Å². The van der Waals surface area contributed by atoms with E-state index in [-0.39, 0.29) is 48.0 Å². The van der Waals surface area contributed by atoms with Crippen molar-refractivity contribution in [3.05, 3.63) is 71.8 Å². The highest BCUT2D eigenvalue weighted by molar-refractivity contribution is 7.91. The molecule has 33 nitrogen and oxygen atoms in total. The quantitative estimate of drug-likeness (QED) is 0.0394. The van der Waals surface area contributed by atoms with Gasteiger partial charge in [0.1, 0.15) is 41.3 Å². The Hall–Kier alpha value is -9.51. The van der Waals surface area contributed by atoms with Gasteiger partial charge in [-0.25, -0.2) is 8.42 Å². The minimum Gasteiger partial charge on any atom is -0.394 e. The van der Waals surface area contributed by atoms with E-state index in [1.54, 1.807) is 33.8 Å². The fourth-order valence-corrected chi connectivity index (χ4v) is 12.9. The lowest BCUT2D eigenvalue weighted by Crippen LogP contribution is -2.69. The zero-order valence-electron chi connectivity index (χ0n) is 52.9. The number of hydrogen-bond acceptors (Lipinski definition) is 20. The van der Waals surface area contributed by atoms with Crippen molar-refractivity contribution in [3.8, 4) is 0 Å². The van der Waals surface area contributed by atoms with Gasteiger partial charge in [-0.05, 0) is 48.1 Å². The molecule has 13 amide bonds. The zero-order chi connectivity index (χ0) is 69.8. The molecule has 4 aliphatic heterocycles. The smallest absolute Gasteiger partial charge is 0.253 e. The number of aldehydes is 1. The fraction of sp³-hybridized carbons (Fsp3) is 0.508. The predicted octanol–water partition coefficient (Wildman–Crippen LogP) is -5.23. The Morgan fingerprint density at radius 3 is 2.06 bits per heavy atom. The molecule has 7 rings (SSSR count). The number of aliphatic hydroxyl groups excluding tert-OH is 3. The van der Waals surface area contributed by atoms with Crippen LogP contribution in [0.1, 0.15) is 78.4 Å². The second-order valence-electron chi connectivity index (χ2n) is 24.3. The molecule has 1 fully saturated rings. The summed E-state index contributed by atoms with van der Waals surface area (Å²) in [5.74, 6) is -16.0. The fourth-order valence-electron chi connectivity index (χ4n) is 11.2. The number of nitrogens with one attached hydrogen (secondary N) is 12. The van der Waals surface area contributed by atoms with E-state index < -0.39 is 221 Å². The molecule has 514 valence electrons. The molecule has 4 aliphatic rings. The van der Waals surface area contributed by atoms with Gasteiger partial charge in [0.05, 0.1) is 50.1 Å². The van der Waals surface area contributed by atoms with Gasteiger partial charge in [-0.2, -0.15) is 0 Å². The summed E-state index contributed by atoms with van der Waals surface area (Å²) >= 11 is 0. The number of amides is 13. The van der Waals surface area contributed by atoms with Crippen molar-refractivity contribution in [1.82, 2.24) is 68.0 Å². The number of rotatable bonds is 19. The number of fused-ring (bicyclic) bond motifs is 5. The van der Waals surface area contributed by atoms with Crippen LogP contribution < -0.4 is 58.5 Å². The first-order valence-electron chi connectivity index (χ1n) is 30.8. The van der Waals surface area contributed by atoms with Crippen LogP contribution in [0.2, 0.25) is 0 Å². The van der Waals surface area contributed by atoms with Crippen LogP contribution in [-0.4, -0.2) is 220 Å². The largest absolute Gasteiger partial charge is 0.394 e. The number of benzene rings is 2. The Morgan fingerprint density at radius 2 is 1.42 bits per heavy atom. The van der Waals surface area contributed by atoms with Gasteiger partial charge in [0.15, 0.2) is 21.8 Å². The molecule has 1 aromatic heterocycles. The number of carbonyl (C=O) groups excluding carboxylic acids is 14. The van der Waals surface area contributed by atoms with Crippen LogP contribution in [0.4, 0.5) is 5.69 Å². The summed E-state index contributed by atoms with van der Waals surface area (Å²) in [6, 6.07) is 0.206. The molecule has 5 heterocycles. The first-order valence-corrected chi connectivity index (χ1v) is 32.4. The SMILES string of the molecule is CC[C@H](C)[C@@H]1NC(=O)CNC(=O)[C@@H]2Cc3c([nH]c4ccccc34)S(=O)(=O)C[C@@H](NC(=O)CNC1=O)C(=O)N[C@@H](CC(=O)NCc1ccc(NC(=O)[C@H](C)NC(=O)[C@@H](NC(=O)CCN3C(=O)C=CC3=O)C(C)C)cc1)C(=O)N1C[C@H](O)C[C@]1(C=O)N[C@@H]([C@@H](C)[C@@H](O)CO)C(=O)N2. The number of para-hydroxylation sites is 1. The van der Waals surface area contributed by atoms with Crippen LogP contribution in [-0.2, 0) is 89.9 Å². The van der Waals surface area contributed by atoms with Gasteiger partial charge in [-0.1, -0.05) is 71.4 Å². The first kappa shape index (κ1) is 72.9. The molecule has 0 unspecified atom stereocenters. The molecule has 3 aromatic rings. The number of sulfone groups is 1. The summed E-state index contributed by atoms with van der Waals surface area (Å²) in [4.78, 5) is 197. The third-order valence-corrected chi connectivity index (χ3v) is 18.7. The molecule has 0 saturated carbocycles. The molecule has 1 saturated heterocycles. The second-order valence-corrected chi connectivity index (χ2v) is 26.2. The molecule has 0 aliphatic carbocycles. The number of aromatic amines is 1. The van der Waals surface area contributed by atoms with Crippen LogP contribution in [0.15, 0.2) is 65.7 Å². The maximum atomic E-state index is 15.3. The van der Waals surface area contributed by atoms with Crippen molar-refractivity contribution in [2.75, 3.05) is 43.9 Å². The summed E-state index contributed by atoms with van der Waals surface area (Å²) in [6.45, 7) is 5.31. The Labute approximate surface area is 545 Å². The summed E-state index contributed by atoms with van der Waals surface area (Å²) in [5, 5.41) is 59.8. The summed E-state index contributed by atoms with van der Waals surface area (Å²) in [7, 11) is -4.96. The number of aliphatic hydroxyl groups is 3. The summed E-state index contributed by atoms with van der Waals surface area (Å²) < 4.78 is 30.1. The van der Waals surface area contributed by atoms with Crippen molar-refractivity contribution < 1.29 is 90.9 Å². The third-order valence-electron chi connectivity index (χ3n) is 16.9. The highest BCUT2D eigenvalue weighted by Crippen LogP contribution is 2.32. The Kier molecular flexibility index (Phi) is 24.3. The number of aromatic nitrogens is 1. The maximum absolute atomic E-state index is 15.3. The number of H-pyrrole nitrogens is 1. The van der Waals surface area contributed by atoms with Crippen LogP contribution in [0.25, 0.3) is 10.9 Å². The number of hydrogen-bond donors (Lipinski definition) is 15. The summed E-state index contributed by atoms with van der Waals surface area (Å²) in [5.41, 5.74) is -1.85. The Morgan fingerprint density at radius 1 is 0.768 bits per heavy atom. The van der Waals surface area contributed by atoms with Gasteiger partial charge < -0.3 is 78.4 Å². The molecule has 2 aromatic carbocycles. The second kappa shape index (κ2) is 31.6. The maximum Gasteiger partial charge on any atom is 0.253 e. The van der Waals surface area contributed by atoms with Gasteiger partial charge in [0.25, 0.3) is 11.8 Å². The number of imide groups is 1. The lowest BCUT2D eigenvalue weighted by Gasteiger charge is -2.41. The van der Waals surface area contributed by atoms with Gasteiger partial charge in [-0.15, -0.1) is 0 Å². The van der Waals surface area contributed by atoms with Crippen molar-refractivity contribution in [3.63, 3.8) is 0 Å². The predicted molar refractivity (Wildman–Crippen MR) is 334 cm³/mol. The average Bonchev–Trinajstić information content (AvgIpc) is 1.62. The van der Waals surface area contributed by atoms with Crippen LogP contribution in [0.5, 0.6) is 0 Å². The molecule has 34 heteroatoms. The Bertz CT molecular complexity index is 3620. The van der Waals surface area contributed by atoms with Gasteiger partial charge in [-0.3, -0.25) is 77.3 Å². The minimum absolute atomic E-state index is 0.146.